The van der Waals surface area contributed by atoms with Gasteiger partial charge in [0.15, 0.2) is 0 Å². The number of nitro groups is 1. The summed E-state index contributed by atoms with van der Waals surface area (Å²) in [6.07, 6.45) is 4.51. The summed E-state index contributed by atoms with van der Waals surface area (Å²) in [5.74, 6) is 0.422. The maximum absolute atomic E-state index is 12.3. The van der Waals surface area contributed by atoms with Crippen LogP contribution in [-0.2, 0) is 10.3 Å². The minimum atomic E-state index is -0.956. The molecule has 2 heterocycles. The Morgan fingerprint density at radius 3 is 3.00 bits per heavy atom. The molecule has 1 fully saturated rings. The molecule has 2 N–H and O–H groups in total. The summed E-state index contributed by atoms with van der Waals surface area (Å²) in [6, 6.07) is 0. The monoisotopic (exact) mass is 295 g/mol. The Hall–Kier alpha value is -1.96. The summed E-state index contributed by atoms with van der Waals surface area (Å²) in [7, 11) is 0. The average molecular weight is 295 g/mol. The van der Waals surface area contributed by atoms with Crippen LogP contribution in [-0.4, -0.2) is 40.2 Å². The first-order valence-electron chi connectivity index (χ1n) is 7.10. The first-order valence-corrected chi connectivity index (χ1v) is 7.10. The summed E-state index contributed by atoms with van der Waals surface area (Å²) in [5, 5.41) is 20.8. The standard InChI is InChI=1S/C13H21N5O3/c1-13(2,17-9-11(8-16-17)18(20)21)12(19)15-6-4-10-3-5-14-7-10/h8-10,14H,3-7H2,1-2H3,(H,15,19). The Balaban J connectivity index is 1.90. The molecule has 0 spiro atoms. The molecule has 0 saturated carbocycles. The van der Waals surface area contributed by atoms with Crippen LogP contribution in [0.25, 0.3) is 0 Å². The summed E-state index contributed by atoms with van der Waals surface area (Å²) in [4.78, 5) is 22.4. The van der Waals surface area contributed by atoms with Gasteiger partial charge in [0.05, 0.1) is 4.92 Å². The minimum Gasteiger partial charge on any atom is -0.354 e. The van der Waals surface area contributed by atoms with Gasteiger partial charge in [-0.05, 0) is 45.7 Å². The van der Waals surface area contributed by atoms with E-state index in [0.29, 0.717) is 12.5 Å². The van der Waals surface area contributed by atoms with Gasteiger partial charge in [0.2, 0.25) is 5.91 Å². The highest BCUT2D eigenvalue weighted by Gasteiger charge is 2.31. The smallest absolute Gasteiger partial charge is 0.307 e. The molecule has 1 amide bonds. The number of rotatable bonds is 6. The van der Waals surface area contributed by atoms with Crippen molar-refractivity contribution < 1.29 is 9.72 Å². The largest absolute Gasteiger partial charge is 0.354 e. The highest BCUT2D eigenvalue weighted by atomic mass is 16.6. The van der Waals surface area contributed by atoms with Crippen LogP contribution in [0.2, 0.25) is 0 Å². The lowest BCUT2D eigenvalue weighted by Gasteiger charge is -2.24. The molecule has 0 aliphatic carbocycles. The van der Waals surface area contributed by atoms with Crippen LogP contribution in [0.5, 0.6) is 0 Å². The lowest BCUT2D eigenvalue weighted by molar-refractivity contribution is -0.385. The third-order valence-electron chi connectivity index (χ3n) is 3.91. The molecule has 1 atom stereocenters. The van der Waals surface area contributed by atoms with Crippen molar-refractivity contribution in [3.63, 3.8) is 0 Å². The van der Waals surface area contributed by atoms with Gasteiger partial charge in [-0.1, -0.05) is 0 Å². The van der Waals surface area contributed by atoms with Crippen molar-refractivity contribution in [1.82, 2.24) is 20.4 Å². The number of hydrogen-bond donors (Lipinski definition) is 2. The fourth-order valence-corrected chi connectivity index (χ4v) is 2.38. The van der Waals surface area contributed by atoms with Crippen molar-refractivity contribution in [2.45, 2.75) is 32.2 Å². The lowest BCUT2D eigenvalue weighted by Crippen LogP contribution is -2.45. The molecule has 1 aliphatic heterocycles. The van der Waals surface area contributed by atoms with Crippen molar-refractivity contribution in [1.29, 1.82) is 0 Å². The molecule has 1 unspecified atom stereocenters. The van der Waals surface area contributed by atoms with Crippen LogP contribution < -0.4 is 10.6 Å². The number of nitrogens with one attached hydrogen (secondary N) is 2. The normalized spacial score (nSPS) is 18.7. The third kappa shape index (κ3) is 3.57. The molecule has 21 heavy (non-hydrogen) atoms. The highest BCUT2D eigenvalue weighted by Crippen LogP contribution is 2.19. The summed E-state index contributed by atoms with van der Waals surface area (Å²) in [5.41, 5.74) is -1.07. The molecule has 1 aromatic heterocycles. The van der Waals surface area contributed by atoms with Gasteiger partial charge < -0.3 is 10.6 Å². The van der Waals surface area contributed by atoms with Gasteiger partial charge in [0, 0.05) is 6.54 Å². The zero-order valence-corrected chi connectivity index (χ0v) is 12.3. The molecule has 2 rings (SSSR count). The maximum Gasteiger partial charge on any atom is 0.307 e. The van der Waals surface area contributed by atoms with Crippen LogP contribution in [0.15, 0.2) is 12.4 Å². The van der Waals surface area contributed by atoms with E-state index in [9.17, 15) is 14.9 Å². The first kappa shape index (κ1) is 15.4. The van der Waals surface area contributed by atoms with Gasteiger partial charge in [-0.15, -0.1) is 0 Å². The quantitative estimate of drug-likeness (QED) is 0.592. The minimum absolute atomic E-state index is 0.118. The summed E-state index contributed by atoms with van der Waals surface area (Å²) in [6.45, 7) is 6.04. The van der Waals surface area contributed by atoms with Gasteiger partial charge in [0.25, 0.3) is 0 Å². The molecule has 116 valence electrons. The van der Waals surface area contributed by atoms with Crippen molar-refractivity contribution >= 4 is 11.6 Å². The predicted octanol–water partition coefficient (Wildman–Crippen LogP) is 0.642. The van der Waals surface area contributed by atoms with Crippen LogP contribution in [0.4, 0.5) is 5.69 Å². The van der Waals surface area contributed by atoms with E-state index in [1.54, 1.807) is 13.8 Å². The molecule has 0 aromatic carbocycles. The Morgan fingerprint density at radius 2 is 2.43 bits per heavy atom. The number of hydrogen-bond acceptors (Lipinski definition) is 5. The molecule has 1 aliphatic rings. The number of carbonyl (C=O) groups is 1. The molecule has 1 saturated heterocycles. The average Bonchev–Trinajstić information content (AvgIpc) is 3.09. The number of amides is 1. The van der Waals surface area contributed by atoms with Gasteiger partial charge in [-0.25, -0.2) is 0 Å². The molecule has 1 aromatic rings. The number of nitrogens with zero attached hydrogens (tertiary/aromatic N) is 3. The van der Waals surface area contributed by atoms with Crippen LogP contribution >= 0.6 is 0 Å². The van der Waals surface area contributed by atoms with Crippen LogP contribution in [0.1, 0.15) is 26.7 Å². The Morgan fingerprint density at radius 1 is 1.67 bits per heavy atom. The first-order chi connectivity index (χ1) is 9.91. The third-order valence-corrected chi connectivity index (χ3v) is 3.91. The molecular weight excluding hydrogens is 274 g/mol. The van der Waals surface area contributed by atoms with Gasteiger partial charge >= 0.3 is 5.69 Å². The van der Waals surface area contributed by atoms with E-state index in [2.05, 4.69) is 15.7 Å². The van der Waals surface area contributed by atoms with Crippen LogP contribution in [0, 0.1) is 16.0 Å². The van der Waals surface area contributed by atoms with Crippen molar-refractivity contribution in [2.75, 3.05) is 19.6 Å². The fourth-order valence-electron chi connectivity index (χ4n) is 2.38. The molecular formula is C13H21N5O3. The SMILES string of the molecule is CC(C)(C(=O)NCCC1CCNC1)n1cc([N+](=O)[O-])cn1. The Bertz CT molecular complexity index is 520. The topological polar surface area (TPSA) is 102 Å². The molecule has 0 radical (unpaired) electrons. The second-order valence-corrected chi connectivity index (χ2v) is 5.86. The zero-order valence-electron chi connectivity index (χ0n) is 12.3. The summed E-state index contributed by atoms with van der Waals surface area (Å²) < 4.78 is 1.33. The summed E-state index contributed by atoms with van der Waals surface area (Å²) >= 11 is 0. The number of aromatic nitrogens is 2. The van der Waals surface area contributed by atoms with E-state index in [0.717, 1.165) is 32.1 Å². The van der Waals surface area contributed by atoms with Crippen LogP contribution in [0.3, 0.4) is 0 Å². The second kappa shape index (κ2) is 6.21. The van der Waals surface area contributed by atoms with E-state index in [-0.39, 0.29) is 11.6 Å². The van der Waals surface area contributed by atoms with E-state index < -0.39 is 10.5 Å². The highest BCUT2D eigenvalue weighted by molar-refractivity contribution is 5.83. The number of carbonyl (C=O) groups excluding carboxylic acids is 1. The van der Waals surface area contributed by atoms with E-state index in [1.165, 1.54) is 10.9 Å². The van der Waals surface area contributed by atoms with Crippen molar-refractivity contribution in [3.8, 4) is 0 Å². The van der Waals surface area contributed by atoms with Gasteiger partial charge in [0.1, 0.15) is 17.9 Å². The molecule has 8 heteroatoms. The van der Waals surface area contributed by atoms with E-state index in [4.69, 9.17) is 0 Å². The zero-order chi connectivity index (χ0) is 15.5. The van der Waals surface area contributed by atoms with Crippen molar-refractivity contribution in [3.05, 3.63) is 22.5 Å². The fraction of sp³-hybridized carbons (Fsp3) is 0.692. The molecule has 0 bridgehead atoms. The second-order valence-electron chi connectivity index (χ2n) is 5.86. The maximum atomic E-state index is 12.3. The van der Waals surface area contributed by atoms with Gasteiger partial charge in [-0.2, -0.15) is 5.10 Å². The Labute approximate surface area is 123 Å². The van der Waals surface area contributed by atoms with Gasteiger partial charge in [-0.3, -0.25) is 19.6 Å². The van der Waals surface area contributed by atoms with E-state index in [1.807, 2.05) is 0 Å². The predicted molar refractivity (Wildman–Crippen MR) is 76.8 cm³/mol. The lowest BCUT2D eigenvalue weighted by atomic mass is 10.0. The van der Waals surface area contributed by atoms with E-state index >= 15 is 0 Å². The Kier molecular flexibility index (Phi) is 4.56. The molecule has 8 nitrogen and oxygen atoms in total. The van der Waals surface area contributed by atoms with Crippen molar-refractivity contribution in [2.24, 2.45) is 5.92 Å².